The van der Waals surface area contributed by atoms with Crippen LogP contribution < -0.4 is 10.2 Å². The van der Waals surface area contributed by atoms with Crippen molar-refractivity contribution in [3.05, 3.63) is 59.2 Å². The molecule has 1 amide bonds. The van der Waals surface area contributed by atoms with E-state index in [2.05, 4.69) is 29.0 Å². The number of aromatic nitrogens is 1. The van der Waals surface area contributed by atoms with Crippen LogP contribution >= 0.6 is 0 Å². The average Bonchev–Trinajstić information content (AvgIpc) is 3.22. The van der Waals surface area contributed by atoms with Gasteiger partial charge in [0.15, 0.2) is 0 Å². The Hall–Kier alpha value is -3.00. The number of carboxylic acids is 1. The van der Waals surface area contributed by atoms with Crippen LogP contribution in [0.5, 0.6) is 0 Å². The van der Waals surface area contributed by atoms with Gasteiger partial charge >= 0.3 is 5.97 Å². The molecule has 12 heteroatoms. The summed E-state index contributed by atoms with van der Waals surface area (Å²) in [5.74, 6) is -1.47. The molecule has 0 aliphatic carbocycles. The fourth-order valence-electron chi connectivity index (χ4n) is 6.33. The molecule has 3 aliphatic rings. The van der Waals surface area contributed by atoms with E-state index >= 15 is 0 Å². The van der Waals surface area contributed by atoms with Crippen LogP contribution in [0.3, 0.4) is 0 Å². The summed E-state index contributed by atoms with van der Waals surface area (Å²) in [7, 11) is 0. The number of nitrogens with zero attached hydrogens (tertiary/aromatic N) is 4. The molecule has 2 aromatic rings. The van der Waals surface area contributed by atoms with Gasteiger partial charge in [-0.05, 0) is 56.5 Å². The van der Waals surface area contributed by atoms with Crippen molar-refractivity contribution in [2.75, 3.05) is 57.4 Å². The topological polar surface area (TPSA) is 139 Å². The number of halogens is 1. The van der Waals surface area contributed by atoms with Crippen LogP contribution in [0.4, 0.5) is 10.1 Å². The van der Waals surface area contributed by atoms with Crippen LogP contribution in [0.2, 0.25) is 0 Å². The smallest absolute Gasteiger partial charge is 0.332 e. The summed E-state index contributed by atoms with van der Waals surface area (Å²) in [6.07, 6.45) is 1.19. The number of piperazine rings is 1. The van der Waals surface area contributed by atoms with E-state index in [1.165, 1.54) is 19.1 Å². The maximum Gasteiger partial charge on any atom is 0.332 e. The number of aliphatic carboxylic acids is 1. The largest absolute Gasteiger partial charge is 0.479 e. The highest BCUT2D eigenvalue weighted by atomic mass is 19.1. The van der Waals surface area contributed by atoms with Gasteiger partial charge in [0.2, 0.25) is 5.91 Å². The first-order valence-electron chi connectivity index (χ1n) is 15.7. The SMILES string of the molecule is CC(O)C(=O)O.C[C@@H]1CN(CC(=O)N2c3cc(Cc4ccc(F)cc4)cnc3C(C)(C)C2CO)[C@@H](CN2CCOC[C@H]2C)CN1. The van der Waals surface area contributed by atoms with Crippen LogP contribution in [-0.4, -0.2) is 125 Å². The predicted molar refractivity (Wildman–Crippen MR) is 169 cm³/mol. The van der Waals surface area contributed by atoms with Gasteiger partial charge in [-0.1, -0.05) is 26.0 Å². The molecule has 5 atom stereocenters. The molecule has 1 aromatic heterocycles. The minimum Gasteiger partial charge on any atom is -0.479 e. The second-order valence-electron chi connectivity index (χ2n) is 13.0. The van der Waals surface area contributed by atoms with Crippen molar-refractivity contribution >= 4 is 17.6 Å². The Morgan fingerprint density at radius 3 is 2.49 bits per heavy atom. The second-order valence-corrected chi connectivity index (χ2v) is 13.0. The molecule has 5 rings (SSSR count). The van der Waals surface area contributed by atoms with Crippen molar-refractivity contribution < 1.29 is 34.0 Å². The van der Waals surface area contributed by atoms with Gasteiger partial charge < -0.3 is 30.3 Å². The molecule has 0 saturated carbocycles. The molecule has 2 unspecified atom stereocenters. The number of amides is 1. The molecule has 45 heavy (non-hydrogen) atoms. The Balaban J connectivity index is 0.000000700. The minimum absolute atomic E-state index is 0.0178. The van der Waals surface area contributed by atoms with Crippen molar-refractivity contribution in [2.45, 2.75) is 76.7 Å². The van der Waals surface area contributed by atoms with E-state index < -0.39 is 23.5 Å². The van der Waals surface area contributed by atoms with Crippen LogP contribution in [0.25, 0.3) is 0 Å². The molecule has 1 aromatic carbocycles. The van der Waals surface area contributed by atoms with Crippen molar-refractivity contribution in [2.24, 2.45) is 0 Å². The molecule has 0 radical (unpaired) electrons. The Morgan fingerprint density at radius 1 is 1.18 bits per heavy atom. The number of hydrogen-bond donors (Lipinski definition) is 4. The van der Waals surface area contributed by atoms with Gasteiger partial charge in [-0.3, -0.25) is 19.6 Å². The minimum atomic E-state index is -1.23. The van der Waals surface area contributed by atoms with E-state index in [1.807, 2.05) is 26.1 Å². The van der Waals surface area contributed by atoms with E-state index in [0.717, 1.165) is 61.9 Å². The van der Waals surface area contributed by atoms with E-state index in [0.29, 0.717) is 12.5 Å². The Kier molecular flexibility index (Phi) is 11.7. The maximum atomic E-state index is 14.1. The Labute approximate surface area is 265 Å². The molecule has 2 fully saturated rings. The number of morpholine rings is 1. The van der Waals surface area contributed by atoms with Crippen molar-refractivity contribution in [1.29, 1.82) is 0 Å². The summed E-state index contributed by atoms with van der Waals surface area (Å²) in [4.78, 5) is 34.9. The summed E-state index contributed by atoms with van der Waals surface area (Å²) in [6, 6.07) is 8.93. The van der Waals surface area contributed by atoms with Crippen LogP contribution in [0, 0.1) is 5.82 Å². The van der Waals surface area contributed by atoms with Gasteiger partial charge in [-0.2, -0.15) is 0 Å². The highest BCUT2D eigenvalue weighted by Crippen LogP contribution is 2.44. The van der Waals surface area contributed by atoms with Gasteiger partial charge in [-0.15, -0.1) is 0 Å². The number of fused-ring (bicyclic) bond motifs is 1. The van der Waals surface area contributed by atoms with E-state index in [9.17, 15) is 19.1 Å². The molecule has 0 bridgehead atoms. The number of benzene rings is 1. The molecule has 0 spiro atoms. The van der Waals surface area contributed by atoms with E-state index in [1.54, 1.807) is 17.0 Å². The predicted octanol–water partition coefficient (Wildman–Crippen LogP) is 1.63. The number of aliphatic hydroxyl groups is 2. The Morgan fingerprint density at radius 2 is 1.87 bits per heavy atom. The van der Waals surface area contributed by atoms with Gasteiger partial charge in [0.25, 0.3) is 0 Å². The number of hydrogen-bond acceptors (Lipinski definition) is 9. The highest BCUT2D eigenvalue weighted by molar-refractivity contribution is 5.98. The van der Waals surface area contributed by atoms with Crippen molar-refractivity contribution in [3.63, 3.8) is 0 Å². The van der Waals surface area contributed by atoms with E-state index in [-0.39, 0.29) is 37.0 Å². The van der Waals surface area contributed by atoms with Crippen molar-refractivity contribution in [1.82, 2.24) is 20.1 Å². The molecule has 11 nitrogen and oxygen atoms in total. The quantitative estimate of drug-likeness (QED) is 0.341. The lowest BCUT2D eigenvalue weighted by Gasteiger charge is -2.44. The molecular weight excluding hydrogens is 581 g/mol. The zero-order chi connectivity index (χ0) is 32.9. The van der Waals surface area contributed by atoms with Crippen LogP contribution in [0.1, 0.15) is 51.4 Å². The number of anilines is 1. The van der Waals surface area contributed by atoms with E-state index in [4.69, 9.17) is 19.9 Å². The van der Waals surface area contributed by atoms with Gasteiger partial charge in [0.05, 0.1) is 43.8 Å². The summed E-state index contributed by atoms with van der Waals surface area (Å²) < 4.78 is 19.0. The zero-order valence-corrected chi connectivity index (χ0v) is 26.9. The Bertz CT molecular complexity index is 1310. The lowest BCUT2D eigenvalue weighted by atomic mass is 9.83. The third-order valence-electron chi connectivity index (χ3n) is 9.07. The number of carbonyl (C=O) groups excluding carboxylic acids is 1. The molecule has 4 N–H and O–H groups in total. The van der Waals surface area contributed by atoms with Gasteiger partial charge in [-0.25, -0.2) is 9.18 Å². The van der Waals surface area contributed by atoms with Gasteiger partial charge in [0.1, 0.15) is 11.9 Å². The standard InChI is InChI=1S/C30H42FN5O3.C3H6O3/c1-20-15-35(25(14-32-20)16-34-9-10-39-19-21(34)2)17-28(38)36-26-12-23(11-22-5-7-24(31)8-6-22)13-33-29(26)30(3,4)27(36)18-37;1-2(4)3(5)6/h5-8,12-13,20-21,25,27,32,37H,9-11,14-19H2,1-4H3;2,4H,1H3,(H,5,6)/t20-,21-,25-,27?;/m1./s1. The third kappa shape index (κ3) is 8.43. The number of rotatable bonds is 8. The summed E-state index contributed by atoms with van der Waals surface area (Å²) in [6.45, 7) is 14.6. The number of nitrogens with one attached hydrogen (secondary N) is 1. The maximum absolute atomic E-state index is 14.1. The van der Waals surface area contributed by atoms with Crippen molar-refractivity contribution in [3.8, 4) is 0 Å². The number of carboxylic acid groups (broad SMARTS) is 1. The van der Waals surface area contributed by atoms with Crippen LogP contribution in [-0.2, 0) is 26.2 Å². The zero-order valence-electron chi connectivity index (χ0n) is 26.9. The fourth-order valence-corrected chi connectivity index (χ4v) is 6.33. The number of pyridine rings is 1. The fraction of sp³-hybridized carbons (Fsp3) is 0.606. The summed E-state index contributed by atoms with van der Waals surface area (Å²) in [5.41, 5.74) is 3.02. The monoisotopic (exact) mass is 629 g/mol. The highest BCUT2D eigenvalue weighted by Gasteiger charge is 2.48. The first-order valence-corrected chi connectivity index (χ1v) is 15.7. The van der Waals surface area contributed by atoms with Gasteiger partial charge in [0, 0.05) is 55.9 Å². The third-order valence-corrected chi connectivity index (χ3v) is 9.07. The lowest BCUT2D eigenvalue weighted by molar-refractivity contribution is -0.145. The molecule has 248 valence electrons. The first-order chi connectivity index (χ1) is 21.3. The molecule has 2 saturated heterocycles. The summed E-state index contributed by atoms with van der Waals surface area (Å²) >= 11 is 0. The molecule has 4 heterocycles. The second kappa shape index (κ2) is 15.1. The normalized spacial score (nSPS) is 25.6. The first kappa shape index (κ1) is 34.9. The molecule has 3 aliphatic heterocycles. The number of carbonyl (C=O) groups is 2. The number of ether oxygens (including phenoxy) is 1. The summed E-state index contributed by atoms with van der Waals surface area (Å²) in [5, 5.41) is 29.8. The average molecular weight is 630 g/mol. The number of aliphatic hydroxyl groups excluding tert-OH is 2. The lowest BCUT2D eigenvalue weighted by Crippen LogP contribution is -2.62. The molecular formula is C33H48FN5O6. The van der Waals surface area contributed by atoms with Crippen LogP contribution in [0.15, 0.2) is 36.5 Å².